The van der Waals surface area contributed by atoms with E-state index >= 15 is 0 Å². The molecule has 0 rings (SSSR count). The van der Waals surface area contributed by atoms with Crippen LogP contribution < -0.4 is 5.32 Å². The molecule has 3 N–H and O–H groups in total. The van der Waals surface area contributed by atoms with Crippen molar-refractivity contribution < 1.29 is 24.5 Å². The van der Waals surface area contributed by atoms with Crippen LogP contribution in [0.5, 0.6) is 0 Å². The second-order valence-corrected chi connectivity index (χ2v) is 15.4. The number of carbonyl (C=O) groups excluding carboxylic acids is 2. The molecule has 0 aliphatic carbocycles. The minimum atomic E-state index is -0.861. The van der Waals surface area contributed by atoms with Gasteiger partial charge >= 0.3 is 5.97 Å². The van der Waals surface area contributed by atoms with E-state index in [1.807, 2.05) is 6.08 Å². The van der Waals surface area contributed by atoms with Gasteiger partial charge in [-0.1, -0.05) is 185 Å². The number of unbranched alkanes of at least 4 members (excludes halogenated alkanes) is 26. The van der Waals surface area contributed by atoms with Crippen LogP contribution in [0.2, 0.25) is 0 Å². The van der Waals surface area contributed by atoms with E-state index in [0.717, 1.165) is 70.6 Å². The van der Waals surface area contributed by atoms with Gasteiger partial charge in [-0.2, -0.15) is 0 Å². The van der Waals surface area contributed by atoms with Gasteiger partial charge in [-0.3, -0.25) is 9.59 Å². The molecule has 53 heavy (non-hydrogen) atoms. The van der Waals surface area contributed by atoms with Gasteiger partial charge in [-0.05, 0) is 64.2 Å². The van der Waals surface area contributed by atoms with Crippen molar-refractivity contribution in [2.24, 2.45) is 0 Å². The van der Waals surface area contributed by atoms with E-state index in [1.54, 1.807) is 6.08 Å². The molecule has 0 aromatic heterocycles. The van der Waals surface area contributed by atoms with Gasteiger partial charge in [0.15, 0.2) is 0 Å². The molecule has 6 nitrogen and oxygen atoms in total. The largest absolute Gasteiger partial charge is 0.466 e. The zero-order chi connectivity index (χ0) is 38.7. The highest BCUT2D eigenvalue weighted by atomic mass is 16.5. The molecule has 310 valence electrons. The average Bonchev–Trinajstić information content (AvgIpc) is 3.16. The Kier molecular flexibility index (Phi) is 41.3. The first-order chi connectivity index (χ1) is 26.0. The fourth-order valence-corrected chi connectivity index (χ4v) is 6.60. The lowest BCUT2D eigenvalue weighted by atomic mass is 10.0. The number of hydrogen-bond donors (Lipinski definition) is 3. The molecule has 0 saturated carbocycles. The second-order valence-electron chi connectivity index (χ2n) is 15.4. The highest BCUT2D eigenvalue weighted by molar-refractivity contribution is 5.76. The first-order valence-corrected chi connectivity index (χ1v) is 22.8. The molecule has 0 fully saturated rings. The van der Waals surface area contributed by atoms with Crippen LogP contribution in [0.1, 0.15) is 226 Å². The number of amides is 1. The Morgan fingerprint density at radius 2 is 0.943 bits per heavy atom. The second kappa shape index (κ2) is 42.8. The molecular weight excluding hydrogens is 659 g/mol. The van der Waals surface area contributed by atoms with Gasteiger partial charge in [0, 0.05) is 12.8 Å². The molecule has 0 bridgehead atoms. The summed E-state index contributed by atoms with van der Waals surface area (Å²) >= 11 is 0. The quantitative estimate of drug-likeness (QED) is 0.0329. The zero-order valence-corrected chi connectivity index (χ0v) is 35.0. The van der Waals surface area contributed by atoms with E-state index in [1.165, 1.54) is 128 Å². The van der Waals surface area contributed by atoms with Gasteiger partial charge in [0.1, 0.15) is 0 Å². The lowest BCUT2D eigenvalue weighted by Crippen LogP contribution is -2.45. The van der Waals surface area contributed by atoms with Gasteiger partial charge in [-0.15, -0.1) is 0 Å². The minimum absolute atomic E-state index is 0.0425. The first-order valence-electron chi connectivity index (χ1n) is 22.8. The van der Waals surface area contributed by atoms with E-state index in [0.29, 0.717) is 19.4 Å². The lowest BCUT2D eigenvalue weighted by Gasteiger charge is -2.20. The van der Waals surface area contributed by atoms with E-state index < -0.39 is 12.1 Å². The third-order valence-corrected chi connectivity index (χ3v) is 10.2. The number of aliphatic hydroxyl groups is 2. The molecule has 0 heterocycles. The summed E-state index contributed by atoms with van der Waals surface area (Å²) in [6, 6.07) is -0.648. The van der Waals surface area contributed by atoms with Crippen LogP contribution >= 0.6 is 0 Å². The van der Waals surface area contributed by atoms with E-state index in [2.05, 4.69) is 43.5 Å². The summed E-state index contributed by atoms with van der Waals surface area (Å²) in [6.45, 7) is 4.78. The van der Waals surface area contributed by atoms with E-state index in [9.17, 15) is 19.8 Å². The standard InChI is InChI=1S/C47H87NO5/c1-3-5-7-9-11-13-15-17-18-19-21-25-29-33-37-41-47(52)53-42-38-34-30-26-22-24-28-32-36-40-46(51)48-44(43-49)45(50)39-35-31-27-23-20-16-14-12-10-8-6-4-2/h11,13,17-18,35,39,44-45,49-50H,3-10,12,14-16,19-34,36-38,40-43H2,1-2H3,(H,48,51)/b13-11-,18-17-,39-35+. The number of allylic oxidation sites excluding steroid dienone is 5. The van der Waals surface area contributed by atoms with Crippen molar-refractivity contribution in [3.63, 3.8) is 0 Å². The van der Waals surface area contributed by atoms with E-state index in [-0.39, 0.29) is 18.5 Å². The predicted molar refractivity (Wildman–Crippen MR) is 227 cm³/mol. The van der Waals surface area contributed by atoms with E-state index in [4.69, 9.17) is 4.74 Å². The molecule has 0 spiro atoms. The Labute approximate surface area is 328 Å². The topological polar surface area (TPSA) is 95.9 Å². The highest BCUT2D eigenvalue weighted by Gasteiger charge is 2.18. The van der Waals surface area contributed by atoms with Crippen molar-refractivity contribution in [1.82, 2.24) is 5.32 Å². The van der Waals surface area contributed by atoms with Crippen molar-refractivity contribution in [1.29, 1.82) is 0 Å². The lowest BCUT2D eigenvalue weighted by molar-refractivity contribution is -0.143. The molecule has 0 aliphatic heterocycles. The number of aliphatic hydroxyl groups excluding tert-OH is 2. The fraction of sp³-hybridized carbons (Fsp3) is 0.830. The Morgan fingerprint density at radius 3 is 1.47 bits per heavy atom. The maximum atomic E-state index is 12.4. The fourth-order valence-electron chi connectivity index (χ4n) is 6.60. The number of hydrogen-bond acceptors (Lipinski definition) is 5. The third kappa shape index (κ3) is 39.6. The third-order valence-electron chi connectivity index (χ3n) is 10.2. The minimum Gasteiger partial charge on any atom is -0.466 e. The SMILES string of the molecule is CCCCC/C=C\C/C=C\CCCCCCCC(=O)OCCCCCCCCCCCC(=O)NC(CO)C(O)/C=C/CCCCCCCCCCCC. The van der Waals surface area contributed by atoms with Crippen LogP contribution in [-0.4, -0.2) is 47.4 Å². The maximum absolute atomic E-state index is 12.4. The molecule has 0 aromatic rings. The average molecular weight is 746 g/mol. The molecule has 2 unspecified atom stereocenters. The molecule has 2 atom stereocenters. The van der Waals surface area contributed by atoms with Crippen molar-refractivity contribution in [2.45, 2.75) is 238 Å². The summed E-state index contributed by atoms with van der Waals surface area (Å²) in [4.78, 5) is 24.4. The number of esters is 1. The maximum Gasteiger partial charge on any atom is 0.305 e. The van der Waals surface area contributed by atoms with Gasteiger partial charge in [-0.25, -0.2) is 0 Å². The van der Waals surface area contributed by atoms with Crippen LogP contribution in [-0.2, 0) is 14.3 Å². The Balaban J connectivity index is 3.55. The number of ether oxygens (including phenoxy) is 1. The Bertz CT molecular complexity index is 869. The molecule has 0 radical (unpaired) electrons. The van der Waals surface area contributed by atoms with Gasteiger partial charge in [0.25, 0.3) is 0 Å². The van der Waals surface area contributed by atoms with Crippen LogP contribution in [0.15, 0.2) is 36.5 Å². The zero-order valence-electron chi connectivity index (χ0n) is 35.0. The predicted octanol–water partition coefficient (Wildman–Crippen LogP) is 12.9. The number of carbonyl (C=O) groups is 2. The van der Waals surface area contributed by atoms with Crippen molar-refractivity contribution in [3.8, 4) is 0 Å². The molecule has 6 heteroatoms. The first kappa shape index (κ1) is 51.1. The van der Waals surface area contributed by atoms with Gasteiger partial charge in [0.2, 0.25) is 5.91 Å². The molecule has 0 aliphatic rings. The molecule has 1 amide bonds. The van der Waals surface area contributed by atoms with Crippen LogP contribution in [0.25, 0.3) is 0 Å². The van der Waals surface area contributed by atoms with Crippen molar-refractivity contribution in [2.75, 3.05) is 13.2 Å². The van der Waals surface area contributed by atoms with Crippen molar-refractivity contribution >= 4 is 11.9 Å². The smallest absolute Gasteiger partial charge is 0.305 e. The Hall–Kier alpha value is -1.92. The number of rotatable bonds is 41. The monoisotopic (exact) mass is 746 g/mol. The molecule has 0 saturated heterocycles. The molecular formula is C47H87NO5. The summed E-state index contributed by atoms with van der Waals surface area (Å²) in [5.74, 6) is -0.142. The summed E-state index contributed by atoms with van der Waals surface area (Å²) in [6.07, 6.45) is 49.8. The molecule has 0 aromatic carbocycles. The van der Waals surface area contributed by atoms with Crippen LogP contribution in [0.3, 0.4) is 0 Å². The summed E-state index contributed by atoms with van der Waals surface area (Å²) < 4.78 is 5.43. The van der Waals surface area contributed by atoms with Gasteiger partial charge < -0.3 is 20.3 Å². The Morgan fingerprint density at radius 1 is 0.528 bits per heavy atom. The van der Waals surface area contributed by atoms with Gasteiger partial charge in [0.05, 0.1) is 25.4 Å². The number of nitrogens with one attached hydrogen (secondary N) is 1. The summed E-state index contributed by atoms with van der Waals surface area (Å²) in [7, 11) is 0. The van der Waals surface area contributed by atoms with Crippen LogP contribution in [0, 0.1) is 0 Å². The van der Waals surface area contributed by atoms with Crippen molar-refractivity contribution in [3.05, 3.63) is 36.5 Å². The highest BCUT2D eigenvalue weighted by Crippen LogP contribution is 2.14. The normalized spacial score (nSPS) is 13.1. The summed E-state index contributed by atoms with van der Waals surface area (Å²) in [5, 5.41) is 22.9. The summed E-state index contributed by atoms with van der Waals surface area (Å²) in [5.41, 5.74) is 0. The van der Waals surface area contributed by atoms with Crippen LogP contribution in [0.4, 0.5) is 0 Å².